The van der Waals surface area contributed by atoms with Crippen LogP contribution in [0.5, 0.6) is 5.75 Å². The van der Waals surface area contributed by atoms with E-state index in [0.717, 1.165) is 12.1 Å². The topological polar surface area (TPSA) is 44.8 Å². The number of carbonyl (C=O) groups is 1. The zero-order valence-electron chi connectivity index (χ0n) is 12.7. The van der Waals surface area contributed by atoms with Gasteiger partial charge in [-0.05, 0) is 51.4 Å². The van der Waals surface area contributed by atoms with Crippen molar-refractivity contribution in [1.29, 1.82) is 0 Å². The number of hydrogen-bond donors (Lipinski definition) is 0. The van der Waals surface area contributed by atoms with Crippen LogP contribution in [0, 0.1) is 0 Å². The Bertz CT molecular complexity index is 568. The summed E-state index contributed by atoms with van der Waals surface area (Å²) in [4.78, 5) is 11.1. The van der Waals surface area contributed by atoms with Crippen molar-refractivity contribution >= 4 is 18.9 Å². The molecule has 1 fully saturated rings. The van der Waals surface area contributed by atoms with Crippen LogP contribution in [0.25, 0.3) is 0 Å². The molecule has 0 N–H and O–H groups in total. The molecule has 1 aliphatic heterocycles. The van der Waals surface area contributed by atoms with Crippen LogP contribution in [0.3, 0.4) is 0 Å². The van der Waals surface area contributed by atoms with Crippen molar-refractivity contribution in [2.45, 2.75) is 45.3 Å². The largest absolute Gasteiger partial charge is 0.573 e. The van der Waals surface area contributed by atoms with Gasteiger partial charge in [-0.2, -0.15) is 0 Å². The molecule has 1 heterocycles. The van der Waals surface area contributed by atoms with Gasteiger partial charge in [0.25, 0.3) is 0 Å². The summed E-state index contributed by atoms with van der Waals surface area (Å²) in [5, 5.41) is 0. The van der Waals surface area contributed by atoms with Crippen molar-refractivity contribution in [3.8, 4) is 5.75 Å². The van der Waals surface area contributed by atoms with E-state index in [1.165, 1.54) is 6.07 Å². The Kier molecular flexibility index (Phi) is 4.04. The van der Waals surface area contributed by atoms with E-state index < -0.39 is 30.4 Å². The first-order valence-corrected chi connectivity index (χ1v) is 6.66. The number of benzene rings is 1. The minimum absolute atomic E-state index is 0.188. The maximum atomic E-state index is 12.3. The van der Waals surface area contributed by atoms with E-state index in [2.05, 4.69) is 4.74 Å². The highest BCUT2D eigenvalue weighted by Crippen LogP contribution is 2.37. The van der Waals surface area contributed by atoms with Gasteiger partial charge in [-0.1, -0.05) is 0 Å². The van der Waals surface area contributed by atoms with Crippen LogP contribution in [0.15, 0.2) is 18.2 Å². The summed E-state index contributed by atoms with van der Waals surface area (Å²) in [7, 11) is -0.943. The standard InChI is InChI=1S/C14H16BF3O4/c1-12(2)13(3,4)22-15(21-12)11-7-10(20-14(16,17)18)6-5-9(11)8-19/h5-8H,1-4H3. The molecule has 2 rings (SSSR count). The number of hydrogen-bond acceptors (Lipinski definition) is 4. The molecule has 4 nitrogen and oxygen atoms in total. The summed E-state index contributed by atoms with van der Waals surface area (Å²) >= 11 is 0. The van der Waals surface area contributed by atoms with Crippen LogP contribution in [0.4, 0.5) is 13.2 Å². The van der Waals surface area contributed by atoms with Crippen molar-refractivity contribution < 1.29 is 32.0 Å². The van der Waals surface area contributed by atoms with E-state index >= 15 is 0 Å². The second kappa shape index (κ2) is 5.28. The van der Waals surface area contributed by atoms with Crippen LogP contribution in [-0.4, -0.2) is 31.0 Å². The molecule has 0 radical (unpaired) electrons. The van der Waals surface area contributed by atoms with Gasteiger partial charge in [0.15, 0.2) is 0 Å². The van der Waals surface area contributed by atoms with Gasteiger partial charge in [-0.15, -0.1) is 13.2 Å². The predicted molar refractivity (Wildman–Crippen MR) is 74.2 cm³/mol. The van der Waals surface area contributed by atoms with Gasteiger partial charge in [-0.3, -0.25) is 4.79 Å². The Morgan fingerprint density at radius 1 is 1.14 bits per heavy atom. The summed E-state index contributed by atoms with van der Waals surface area (Å²) in [5.41, 5.74) is -0.944. The lowest BCUT2D eigenvalue weighted by Crippen LogP contribution is -2.41. The normalized spacial score (nSPS) is 20.0. The lowest BCUT2D eigenvalue weighted by molar-refractivity contribution is -0.274. The summed E-state index contributed by atoms with van der Waals surface area (Å²) in [6, 6.07) is 3.43. The maximum Gasteiger partial charge on any atom is 0.573 e. The number of alkyl halides is 3. The summed E-state index contributed by atoms with van der Waals surface area (Å²) in [5.74, 6) is -0.428. The van der Waals surface area contributed by atoms with Gasteiger partial charge in [0.1, 0.15) is 12.0 Å². The van der Waals surface area contributed by atoms with Gasteiger partial charge >= 0.3 is 13.5 Å². The summed E-state index contributed by atoms with van der Waals surface area (Å²) in [6.07, 6.45) is -4.27. The maximum absolute atomic E-state index is 12.3. The molecule has 0 bridgehead atoms. The lowest BCUT2D eigenvalue weighted by atomic mass is 9.76. The molecular weight excluding hydrogens is 300 g/mol. The first-order chi connectivity index (χ1) is 9.95. The van der Waals surface area contributed by atoms with Crippen LogP contribution >= 0.6 is 0 Å². The predicted octanol–water partition coefficient (Wildman–Crippen LogP) is 2.70. The van der Waals surface area contributed by atoms with Crippen LogP contribution in [0.2, 0.25) is 0 Å². The first-order valence-electron chi connectivity index (χ1n) is 6.66. The number of rotatable bonds is 3. The van der Waals surface area contributed by atoms with Crippen molar-refractivity contribution in [2.24, 2.45) is 0 Å². The molecule has 1 aliphatic rings. The Labute approximate surface area is 126 Å². The fourth-order valence-corrected chi connectivity index (χ4v) is 2.03. The third-order valence-corrected chi connectivity index (χ3v) is 3.93. The molecule has 0 aliphatic carbocycles. The molecule has 0 saturated carbocycles. The molecule has 8 heteroatoms. The van der Waals surface area contributed by atoms with E-state index in [1.807, 2.05) is 27.7 Å². The zero-order chi connectivity index (χ0) is 16.8. The van der Waals surface area contributed by atoms with Crippen molar-refractivity contribution in [1.82, 2.24) is 0 Å². The molecule has 22 heavy (non-hydrogen) atoms. The monoisotopic (exact) mass is 316 g/mol. The van der Waals surface area contributed by atoms with Crippen LogP contribution in [0.1, 0.15) is 38.1 Å². The molecule has 0 aromatic heterocycles. The Morgan fingerprint density at radius 2 is 1.68 bits per heavy atom. The average molecular weight is 316 g/mol. The highest BCUT2D eigenvalue weighted by molar-refractivity contribution is 6.63. The van der Waals surface area contributed by atoms with Crippen LogP contribution in [-0.2, 0) is 9.31 Å². The first kappa shape index (κ1) is 16.8. The van der Waals surface area contributed by atoms with Crippen molar-refractivity contribution in [2.75, 3.05) is 0 Å². The van der Waals surface area contributed by atoms with Gasteiger partial charge in [0.2, 0.25) is 0 Å². The smallest absolute Gasteiger partial charge is 0.406 e. The number of halogens is 3. The molecule has 1 aromatic rings. The number of aldehydes is 1. The molecule has 120 valence electrons. The molecule has 0 unspecified atom stereocenters. The third-order valence-electron chi connectivity index (χ3n) is 3.93. The highest BCUT2D eigenvalue weighted by Gasteiger charge is 2.52. The van der Waals surface area contributed by atoms with Crippen molar-refractivity contribution in [3.05, 3.63) is 23.8 Å². The Hall–Kier alpha value is -1.54. The molecule has 1 saturated heterocycles. The van der Waals surface area contributed by atoms with E-state index in [4.69, 9.17) is 9.31 Å². The minimum atomic E-state index is -4.81. The van der Waals surface area contributed by atoms with Gasteiger partial charge in [0, 0.05) is 5.56 Å². The fourth-order valence-electron chi connectivity index (χ4n) is 2.03. The summed E-state index contributed by atoms with van der Waals surface area (Å²) < 4.78 is 52.4. The number of carbonyl (C=O) groups excluding carboxylic acids is 1. The zero-order valence-corrected chi connectivity index (χ0v) is 12.7. The fraction of sp³-hybridized carbons (Fsp3) is 0.500. The molecule has 0 spiro atoms. The summed E-state index contributed by atoms with van der Waals surface area (Å²) in [6.45, 7) is 7.24. The van der Waals surface area contributed by atoms with Crippen LogP contribution < -0.4 is 10.2 Å². The van der Waals surface area contributed by atoms with E-state index in [9.17, 15) is 18.0 Å². The van der Waals surface area contributed by atoms with Gasteiger partial charge in [0.05, 0.1) is 11.2 Å². The molecule has 0 atom stereocenters. The quantitative estimate of drug-likeness (QED) is 0.635. The number of ether oxygens (including phenoxy) is 1. The highest BCUT2D eigenvalue weighted by atomic mass is 19.4. The van der Waals surface area contributed by atoms with E-state index in [1.54, 1.807) is 0 Å². The second-order valence-electron chi connectivity index (χ2n) is 6.04. The van der Waals surface area contributed by atoms with E-state index in [-0.39, 0.29) is 11.0 Å². The second-order valence-corrected chi connectivity index (χ2v) is 6.04. The van der Waals surface area contributed by atoms with Gasteiger partial charge < -0.3 is 14.0 Å². The lowest BCUT2D eigenvalue weighted by Gasteiger charge is -2.32. The minimum Gasteiger partial charge on any atom is -0.406 e. The van der Waals surface area contributed by atoms with E-state index in [0.29, 0.717) is 6.29 Å². The van der Waals surface area contributed by atoms with Crippen molar-refractivity contribution in [3.63, 3.8) is 0 Å². The Balaban J connectivity index is 2.38. The molecular formula is C14H16BF3O4. The van der Waals surface area contributed by atoms with Gasteiger partial charge in [-0.25, -0.2) is 0 Å². The Morgan fingerprint density at radius 3 is 2.14 bits per heavy atom. The molecule has 1 aromatic carbocycles. The SMILES string of the molecule is CC1(C)OB(c2cc(OC(F)(F)F)ccc2C=O)OC1(C)C. The third kappa shape index (κ3) is 3.28. The molecule has 0 amide bonds. The average Bonchev–Trinajstić information content (AvgIpc) is 2.56.